The Balaban J connectivity index is 2.43. The standard InChI is InChI=1S/C21H30BF4NO2/c1-13(2)11-14-7-9-15(10-8-14)16(12-17(27)21(24,25)26)18(23)22-28-19(3,4)20(5,6)29-22/h7-10,13,17H,11-12,27H2,1-6H3. The van der Waals surface area contributed by atoms with Crippen molar-refractivity contribution in [3.8, 4) is 0 Å². The fourth-order valence-electron chi connectivity index (χ4n) is 3.09. The van der Waals surface area contributed by atoms with Crippen molar-refractivity contribution in [2.24, 2.45) is 11.7 Å². The normalized spacial score (nSPS) is 20.8. The molecule has 8 heteroatoms. The van der Waals surface area contributed by atoms with Crippen molar-refractivity contribution in [1.29, 1.82) is 0 Å². The zero-order chi connectivity index (χ0) is 22.2. The molecule has 1 aromatic carbocycles. The largest absolute Gasteiger partial charge is 0.525 e. The van der Waals surface area contributed by atoms with Gasteiger partial charge in [-0.1, -0.05) is 38.1 Å². The molecule has 29 heavy (non-hydrogen) atoms. The third kappa shape index (κ3) is 5.61. The van der Waals surface area contributed by atoms with Crippen LogP contribution in [0.5, 0.6) is 0 Å². The molecular weight excluding hydrogens is 385 g/mol. The summed E-state index contributed by atoms with van der Waals surface area (Å²) in [4.78, 5) is 0. The number of nitrogens with two attached hydrogens (primary N) is 1. The zero-order valence-electron chi connectivity index (χ0n) is 17.9. The van der Waals surface area contributed by atoms with Crippen LogP contribution in [0.25, 0.3) is 5.57 Å². The lowest BCUT2D eigenvalue weighted by molar-refractivity contribution is -0.146. The SMILES string of the molecule is CC(C)Cc1ccc(C(CC(N)C(F)(F)F)=C(F)B2OC(C)(C)C(C)(C)O2)cc1. The third-order valence-corrected chi connectivity index (χ3v) is 5.54. The molecule has 1 aromatic rings. The van der Waals surface area contributed by atoms with E-state index in [9.17, 15) is 13.2 Å². The molecular formula is C21H30BF4NO2. The summed E-state index contributed by atoms with van der Waals surface area (Å²) in [5.74, 6) is 0.427. The lowest BCUT2D eigenvalue weighted by Crippen LogP contribution is -2.41. The second-order valence-electron chi connectivity index (χ2n) is 9.06. The van der Waals surface area contributed by atoms with Crippen LogP contribution in [0.15, 0.2) is 30.0 Å². The van der Waals surface area contributed by atoms with E-state index in [1.54, 1.807) is 52.0 Å². The summed E-state index contributed by atoms with van der Waals surface area (Å²) in [5.41, 5.74) is 4.04. The smallest absolute Gasteiger partial charge is 0.398 e. The number of hydrogen-bond acceptors (Lipinski definition) is 3. The average molecular weight is 415 g/mol. The minimum atomic E-state index is -4.64. The van der Waals surface area contributed by atoms with Gasteiger partial charge in [0.2, 0.25) is 0 Å². The monoisotopic (exact) mass is 415 g/mol. The van der Waals surface area contributed by atoms with Crippen molar-refractivity contribution in [3.63, 3.8) is 0 Å². The Bertz CT molecular complexity index is 726. The first-order chi connectivity index (χ1) is 13.1. The Labute approximate surface area is 170 Å². The molecule has 162 valence electrons. The molecule has 1 saturated heterocycles. The topological polar surface area (TPSA) is 44.5 Å². The first kappa shape index (κ1) is 23.9. The fourth-order valence-corrected chi connectivity index (χ4v) is 3.09. The summed E-state index contributed by atoms with van der Waals surface area (Å²) in [7, 11) is -1.38. The van der Waals surface area contributed by atoms with E-state index in [2.05, 4.69) is 13.8 Å². The molecule has 3 nitrogen and oxygen atoms in total. The van der Waals surface area contributed by atoms with Crippen LogP contribution in [0.4, 0.5) is 17.6 Å². The number of rotatable bonds is 6. The molecule has 1 aliphatic rings. The molecule has 1 heterocycles. The van der Waals surface area contributed by atoms with E-state index in [0.717, 1.165) is 12.0 Å². The molecule has 0 radical (unpaired) electrons. The minimum absolute atomic E-state index is 0.149. The fraction of sp³-hybridized carbons (Fsp3) is 0.619. The van der Waals surface area contributed by atoms with Crippen LogP contribution in [-0.2, 0) is 15.7 Å². The number of alkyl halides is 3. The van der Waals surface area contributed by atoms with Crippen LogP contribution in [0.2, 0.25) is 0 Å². The Hall–Kier alpha value is -1.38. The molecule has 0 aromatic heterocycles. The summed E-state index contributed by atoms with van der Waals surface area (Å²) in [6.07, 6.45) is -4.52. The van der Waals surface area contributed by atoms with Crippen LogP contribution in [0.3, 0.4) is 0 Å². The van der Waals surface area contributed by atoms with Crippen LogP contribution in [0, 0.1) is 5.92 Å². The van der Waals surface area contributed by atoms with Crippen molar-refractivity contribution in [1.82, 2.24) is 0 Å². The molecule has 2 rings (SSSR count). The maximum atomic E-state index is 15.4. The highest BCUT2D eigenvalue weighted by Gasteiger charge is 2.54. The summed E-state index contributed by atoms with van der Waals surface area (Å²) >= 11 is 0. The van der Waals surface area contributed by atoms with Gasteiger partial charge >= 0.3 is 13.3 Å². The van der Waals surface area contributed by atoms with Gasteiger partial charge in [0.25, 0.3) is 0 Å². The van der Waals surface area contributed by atoms with E-state index < -0.39 is 42.7 Å². The molecule has 0 amide bonds. The van der Waals surface area contributed by atoms with Gasteiger partial charge in [-0.3, -0.25) is 0 Å². The van der Waals surface area contributed by atoms with Crippen LogP contribution in [-0.4, -0.2) is 30.5 Å². The quantitative estimate of drug-likeness (QED) is 0.495. The van der Waals surface area contributed by atoms with E-state index in [1.165, 1.54) is 0 Å². The minimum Gasteiger partial charge on any atom is -0.398 e. The molecule has 1 atom stereocenters. The number of hydrogen-bond donors (Lipinski definition) is 1. The molecule has 2 N–H and O–H groups in total. The molecule has 1 aliphatic heterocycles. The predicted molar refractivity (Wildman–Crippen MR) is 108 cm³/mol. The summed E-state index contributed by atoms with van der Waals surface area (Å²) in [6, 6.07) is 4.65. The Morgan fingerprint density at radius 1 is 1.03 bits per heavy atom. The lowest BCUT2D eigenvalue weighted by Gasteiger charge is -2.32. The first-order valence-electron chi connectivity index (χ1n) is 9.80. The average Bonchev–Trinajstić information content (AvgIpc) is 2.79. The molecule has 1 fully saturated rings. The van der Waals surface area contributed by atoms with E-state index in [-0.39, 0.29) is 5.57 Å². The molecule has 0 saturated carbocycles. The van der Waals surface area contributed by atoms with Gasteiger partial charge in [0.05, 0.1) is 11.2 Å². The Kier molecular flexibility index (Phi) is 6.92. The van der Waals surface area contributed by atoms with Gasteiger partial charge in [-0.25, -0.2) is 4.39 Å². The van der Waals surface area contributed by atoms with Crippen molar-refractivity contribution in [3.05, 3.63) is 41.1 Å². The van der Waals surface area contributed by atoms with Crippen molar-refractivity contribution in [2.45, 2.75) is 77.8 Å². The second kappa shape index (κ2) is 8.40. The molecule has 0 aliphatic carbocycles. The second-order valence-corrected chi connectivity index (χ2v) is 9.06. The van der Waals surface area contributed by atoms with E-state index in [0.29, 0.717) is 11.5 Å². The third-order valence-electron chi connectivity index (χ3n) is 5.54. The summed E-state index contributed by atoms with van der Waals surface area (Å²) < 4.78 is 66.1. The molecule has 0 spiro atoms. The highest BCUT2D eigenvalue weighted by Crippen LogP contribution is 2.41. The molecule has 1 unspecified atom stereocenters. The van der Waals surface area contributed by atoms with Crippen molar-refractivity contribution in [2.75, 3.05) is 0 Å². The van der Waals surface area contributed by atoms with Gasteiger partial charge in [0.1, 0.15) is 11.8 Å². The highest BCUT2D eigenvalue weighted by atomic mass is 19.4. The van der Waals surface area contributed by atoms with E-state index >= 15 is 4.39 Å². The molecule has 0 bridgehead atoms. The summed E-state index contributed by atoms with van der Waals surface area (Å²) in [6.45, 7) is 11.1. The Morgan fingerprint density at radius 2 is 1.52 bits per heavy atom. The van der Waals surface area contributed by atoms with Gasteiger partial charge in [-0.2, -0.15) is 13.2 Å². The van der Waals surface area contributed by atoms with E-state index in [1.807, 2.05) is 0 Å². The lowest BCUT2D eigenvalue weighted by atomic mass is 9.80. The number of benzene rings is 1. The summed E-state index contributed by atoms with van der Waals surface area (Å²) in [5, 5.41) is 0. The Morgan fingerprint density at radius 3 is 1.93 bits per heavy atom. The van der Waals surface area contributed by atoms with Gasteiger partial charge in [0, 0.05) is 0 Å². The van der Waals surface area contributed by atoms with Crippen molar-refractivity contribution < 1.29 is 26.9 Å². The maximum absolute atomic E-state index is 15.4. The number of halogens is 4. The van der Waals surface area contributed by atoms with Gasteiger partial charge < -0.3 is 15.0 Å². The zero-order valence-corrected chi connectivity index (χ0v) is 17.9. The van der Waals surface area contributed by atoms with Crippen molar-refractivity contribution >= 4 is 12.7 Å². The maximum Gasteiger partial charge on any atom is 0.525 e. The predicted octanol–water partition coefficient (Wildman–Crippen LogP) is 5.48. The first-order valence-corrected chi connectivity index (χ1v) is 9.80. The van der Waals surface area contributed by atoms with Crippen LogP contribution >= 0.6 is 0 Å². The van der Waals surface area contributed by atoms with E-state index in [4.69, 9.17) is 15.0 Å². The van der Waals surface area contributed by atoms with Gasteiger partial charge in [-0.05, 0) is 63.2 Å². The van der Waals surface area contributed by atoms with Gasteiger partial charge in [-0.15, -0.1) is 0 Å². The van der Waals surface area contributed by atoms with Crippen LogP contribution in [0.1, 0.15) is 59.1 Å². The highest BCUT2D eigenvalue weighted by molar-refractivity contribution is 6.55. The van der Waals surface area contributed by atoms with Gasteiger partial charge in [0.15, 0.2) is 0 Å². The van der Waals surface area contributed by atoms with Crippen LogP contribution < -0.4 is 5.73 Å².